The molecular weight excluding hydrogens is 358 g/mol. The largest absolute Gasteiger partial charge is 0.383 e. The van der Waals surface area contributed by atoms with E-state index in [-0.39, 0.29) is 17.4 Å². The number of piperazine rings is 1. The number of rotatable bonds is 7. The van der Waals surface area contributed by atoms with Crippen LogP contribution < -0.4 is 5.32 Å². The van der Waals surface area contributed by atoms with Crippen molar-refractivity contribution in [3.8, 4) is 0 Å². The third-order valence-corrected chi connectivity index (χ3v) is 4.84. The Morgan fingerprint density at radius 3 is 2.36 bits per heavy atom. The lowest BCUT2D eigenvalue weighted by molar-refractivity contribution is -0.122. The fourth-order valence-electron chi connectivity index (χ4n) is 3.27. The van der Waals surface area contributed by atoms with Crippen molar-refractivity contribution in [1.82, 2.24) is 24.9 Å². The zero-order valence-electron chi connectivity index (χ0n) is 18.1. The maximum Gasteiger partial charge on any atom is 0.274 e. The average Bonchev–Trinajstić information content (AvgIpc) is 3.08. The number of aromatic nitrogens is 2. The van der Waals surface area contributed by atoms with Gasteiger partial charge in [-0.2, -0.15) is 5.10 Å². The molecule has 158 valence electrons. The Balaban J connectivity index is 1.94. The highest BCUT2D eigenvalue weighted by Gasteiger charge is 2.28. The third-order valence-electron chi connectivity index (χ3n) is 4.84. The quantitative estimate of drug-likeness (QED) is 0.706. The minimum absolute atomic E-state index is 0.0117. The summed E-state index contributed by atoms with van der Waals surface area (Å²) in [7, 11) is 1.61. The van der Waals surface area contributed by atoms with Crippen LogP contribution in [0.3, 0.4) is 0 Å². The van der Waals surface area contributed by atoms with Gasteiger partial charge in [-0.1, -0.05) is 13.8 Å². The van der Waals surface area contributed by atoms with Crippen LogP contribution in [-0.4, -0.2) is 84.4 Å². The van der Waals surface area contributed by atoms with Gasteiger partial charge in [0.2, 0.25) is 5.91 Å². The molecule has 1 aromatic rings. The van der Waals surface area contributed by atoms with E-state index in [1.165, 1.54) is 0 Å². The first-order valence-electron chi connectivity index (χ1n) is 10.0. The molecule has 1 N–H and O–H groups in total. The van der Waals surface area contributed by atoms with Crippen molar-refractivity contribution < 1.29 is 14.3 Å². The van der Waals surface area contributed by atoms with Gasteiger partial charge in [-0.05, 0) is 32.8 Å². The number of nitrogens with zero attached hydrogens (tertiary/aromatic N) is 4. The average molecular weight is 394 g/mol. The first-order chi connectivity index (χ1) is 13.1. The van der Waals surface area contributed by atoms with Crippen LogP contribution in [-0.2, 0) is 15.1 Å². The predicted molar refractivity (Wildman–Crippen MR) is 109 cm³/mol. The van der Waals surface area contributed by atoms with Gasteiger partial charge in [0.05, 0.1) is 18.7 Å². The molecule has 2 rings (SSSR count). The number of hydrogen-bond acceptors (Lipinski definition) is 5. The molecule has 1 fully saturated rings. The molecule has 28 heavy (non-hydrogen) atoms. The SMILES string of the molecule is COCCNC(=O)CN1CCN(C(=O)c2cc(C(C)C)n(C(C)(C)C)n2)CC1. The fraction of sp³-hybridized carbons (Fsp3) is 0.750. The third kappa shape index (κ3) is 5.78. The van der Waals surface area contributed by atoms with Crippen LogP contribution in [0.5, 0.6) is 0 Å². The number of ether oxygens (including phenoxy) is 1. The van der Waals surface area contributed by atoms with E-state index in [9.17, 15) is 9.59 Å². The number of carbonyl (C=O) groups excluding carboxylic acids is 2. The molecule has 2 amide bonds. The molecule has 8 heteroatoms. The summed E-state index contributed by atoms with van der Waals surface area (Å²) < 4.78 is 6.89. The molecule has 1 aromatic heterocycles. The van der Waals surface area contributed by atoms with E-state index >= 15 is 0 Å². The summed E-state index contributed by atoms with van der Waals surface area (Å²) in [6.07, 6.45) is 0. The summed E-state index contributed by atoms with van der Waals surface area (Å²) in [5.41, 5.74) is 1.40. The fourth-order valence-corrected chi connectivity index (χ4v) is 3.27. The number of amides is 2. The second-order valence-electron chi connectivity index (χ2n) is 8.60. The summed E-state index contributed by atoms with van der Waals surface area (Å²) in [4.78, 5) is 28.8. The van der Waals surface area contributed by atoms with Gasteiger partial charge in [0, 0.05) is 45.5 Å². The standard InChI is InChI=1S/C20H35N5O3/c1-15(2)17-13-16(22-25(17)20(3,4)5)19(27)24-10-8-23(9-11-24)14-18(26)21-7-12-28-6/h13,15H,7-12,14H2,1-6H3,(H,21,26). The minimum Gasteiger partial charge on any atom is -0.383 e. The maximum absolute atomic E-state index is 13.0. The van der Waals surface area contributed by atoms with Gasteiger partial charge in [0.25, 0.3) is 5.91 Å². The summed E-state index contributed by atoms with van der Waals surface area (Å²) in [5, 5.41) is 7.45. The van der Waals surface area contributed by atoms with Crippen LogP contribution in [0, 0.1) is 0 Å². The van der Waals surface area contributed by atoms with Crippen LogP contribution in [0.25, 0.3) is 0 Å². The highest BCUT2D eigenvalue weighted by Crippen LogP contribution is 2.24. The van der Waals surface area contributed by atoms with Gasteiger partial charge in [0.15, 0.2) is 5.69 Å². The van der Waals surface area contributed by atoms with Crippen LogP contribution in [0.1, 0.15) is 56.7 Å². The Labute approximate surface area is 168 Å². The Hall–Kier alpha value is -1.93. The highest BCUT2D eigenvalue weighted by atomic mass is 16.5. The Morgan fingerprint density at radius 2 is 1.86 bits per heavy atom. The molecule has 0 unspecified atom stereocenters. The Bertz CT molecular complexity index is 670. The van der Waals surface area contributed by atoms with Gasteiger partial charge in [-0.15, -0.1) is 0 Å². The van der Waals surface area contributed by atoms with Gasteiger partial charge in [0.1, 0.15) is 0 Å². The summed E-state index contributed by atoms with van der Waals surface area (Å²) in [5.74, 6) is 0.248. The molecule has 0 spiro atoms. The number of carbonyl (C=O) groups is 2. The van der Waals surface area contributed by atoms with Gasteiger partial charge >= 0.3 is 0 Å². The Kier molecular flexibility index (Phi) is 7.60. The van der Waals surface area contributed by atoms with Crippen LogP contribution >= 0.6 is 0 Å². The molecule has 2 heterocycles. The van der Waals surface area contributed by atoms with Crippen molar-refractivity contribution in [1.29, 1.82) is 0 Å². The summed E-state index contributed by atoms with van der Waals surface area (Å²) >= 11 is 0. The minimum atomic E-state index is -0.174. The molecule has 1 saturated heterocycles. The predicted octanol–water partition coefficient (Wildman–Crippen LogP) is 1.28. The number of hydrogen-bond donors (Lipinski definition) is 1. The zero-order valence-corrected chi connectivity index (χ0v) is 18.1. The van der Waals surface area contributed by atoms with E-state index in [4.69, 9.17) is 4.74 Å². The molecule has 0 aliphatic carbocycles. The monoisotopic (exact) mass is 393 g/mol. The van der Waals surface area contributed by atoms with Crippen molar-refractivity contribution in [2.75, 3.05) is 53.0 Å². The smallest absolute Gasteiger partial charge is 0.274 e. The lowest BCUT2D eigenvalue weighted by atomic mass is 10.1. The molecule has 0 saturated carbocycles. The second-order valence-corrected chi connectivity index (χ2v) is 8.60. The maximum atomic E-state index is 13.0. The first kappa shape index (κ1) is 22.4. The zero-order chi connectivity index (χ0) is 20.9. The van der Waals surface area contributed by atoms with Crippen molar-refractivity contribution in [3.63, 3.8) is 0 Å². The molecule has 0 bridgehead atoms. The van der Waals surface area contributed by atoms with E-state index < -0.39 is 0 Å². The Morgan fingerprint density at radius 1 is 1.21 bits per heavy atom. The summed E-state index contributed by atoms with van der Waals surface area (Å²) in [6, 6.07) is 1.92. The highest BCUT2D eigenvalue weighted by molar-refractivity contribution is 5.92. The molecule has 0 aromatic carbocycles. The van der Waals surface area contributed by atoms with Crippen LogP contribution in [0.15, 0.2) is 6.07 Å². The lowest BCUT2D eigenvalue weighted by Gasteiger charge is -2.34. The topological polar surface area (TPSA) is 79.7 Å². The molecule has 1 aliphatic heterocycles. The van der Waals surface area contributed by atoms with Crippen LogP contribution in [0.2, 0.25) is 0 Å². The number of methoxy groups -OCH3 is 1. The summed E-state index contributed by atoms with van der Waals surface area (Å²) in [6.45, 7) is 14.4. The number of nitrogens with one attached hydrogen (secondary N) is 1. The van der Waals surface area contributed by atoms with E-state index in [1.54, 1.807) is 7.11 Å². The second kappa shape index (κ2) is 9.52. The van der Waals surface area contributed by atoms with Crippen molar-refractivity contribution in [2.45, 2.75) is 46.1 Å². The van der Waals surface area contributed by atoms with Crippen LogP contribution in [0.4, 0.5) is 0 Å². The van der Waals surface area contributed by atoms with Crippen molar-refractivity contribution >= 4 is 11.8 Å². The van der Waals surface area contributed by atoms with Gasteiger partial charge in [-0.3, -0.25) is 19.2 Å². The molecule has 8 nitrogen and oxygen atoms in total. The van der Waals surface area contributed by atoms with E-state index in [0.717, 1.165) is 5.69 Å². The van der Waals surface area contributed by atoms with E-state index in [2.05, 4.69) is 49.9 Å². The normalized spacial score (nSPS) is 15.9. The molecular formula is C20H35N5O3. The first-order valence-corrected chi connectivity index (χ1v) is 10.0. The molecule has 0 radical (unpaired) electrons. The lowest BCUT2D eigenvalue weighted by Crippen LogP contribution is -2.51. The van der Waals surface area contributed by atoms with Gasteiger partial charge in [-0.25, -0.2) is 0 Å². The van der Waals surface area contributed by atoms with E-state index in [0.29, 0.717) is 57.5 Å². The van der Waals surface area contributed by atoms with E-state index in [1.807, 2.05) is 15.6 Å². The molecule has 1 aliphatic rings. The van der Waals surface area contributed by atoms with Crippen molar-refractivity contribution in [3.05, 3.63) is 17.5 Å². The van der Waals surface area contributed by atoms with Gasteiger partial charge < -0.3 is 15.0 Å². The molecule has 0 atom stereocenters. The van der Waals surface area contributed by atoms with Crippen molar-refractivity contribution in [2.24, 2.45) is 0 Å².